The number of carbonyl (C=O) groups excluding carboxylic acids is 1. The molecule has 0 aliphatic carbocycles. The molecule has 0 aliphatic rings. The summed E-state index contributed by atoms with van der Waals surface area (Å²) in [6.45, 7) is 2.15. The molecule has 0 radical (unpaired) electrons. The molecule has 3 N–H and O–H groups in total. The normalized spacial score (nSPS) is 13.2. The Balaban J connectivity index is 0.00000361. The summed E-state index contributed by atoms with van der Waals surface area (Å²) in [5, 5.41) is 3.77. The van der Waals surface area contributed by atoms with E-state index >= 15 is 0 Å². The molecule has 2 atom stereocenters. The smallest absolute Gasteiger partial charge is 0.223 e. The van der Waals surface area contributed by atoms with Crippen molar-refractivity contribution in [2.75, 3.05) is 13.7 Å². The molecule has 0 bridgehead atoms. The third-order valence-corrected chi connectivity index (χ3v) is 3.67. The Kier molecular flexibility index (Phi) is 9.18. The van der Waals surface area contributed by atoms with Crippen LogP contribution < -0.4 is 11.1 Å². The standard InChI is InChI=1S/C13H18Cl2N2O2.ClH/c1-8(10-4-3-5-11(14)13(10)15)17-12(18)6-9(7-16)19-2;/h3-5,8-9H,6-7,16H2,1-2H3,(H,17,18);1H. The van der Waals surface area contributed by atoms with E-state index in [4.69, 9.17) is 33.7 Å². The molecular formula is C13H19Cl3N2O2. The summed E-state index contributed by atoms with van der Waals surface area (Å²) in [4.78, 5) is 11.8. The Morgan fingerprint density at radius 1 is 1.45 bits per heavy atom. The Bertz CT molecular complexity index is 440. The molecule has 4 nitrogen and oxygen atoms in total. The second-order valence-electron chi connectivity index (χ2n) is 4.23. The minimum atomic E-state index is -0.276. The average Bonchev–Trinajstić information content (AvgIpc) is 2.38. The van der Waals surface area contributed by atoms with Gasteiger partial charge in [0.05, 0.1) is 28.6 Å². The van der Waals surface area contributed by atoms with Crippen molar-refractivity contribution in [1.29, 1.82) is 0 Å². The van der Waals surface area contributed by atoms with Gasteiger partial charge in [-0.05, 0) is 18.6 Å². The van der Waals surface area contributed by atoms with Gasteiger partial charge >= 0.3 is 0 Å². The van der Waals surface area contributed by atoms with Crippen LogP contribution in [0.3, 0.4) is 0 Å². The Labute approximate surface area is 135 Å². The zero-order valence-corrected chi connectivity index (χ0v) is 13.7. The van der Waals surface area contributed by atoms with Gasteiger partial charge in [-0.15, -0.1) is 12.4 Å². The summed E-state index contributed by atoms with van der Waals surface area (Å²) in [6, 6.07) is 5.10. The van der Waals surface area contributed by atoms with E-state index in [2.05, 4.69) is 5.32 Å². The van der Waals surface area contributed by atoms with Crippen LogP contribution in [-0.4, -0.2) is 25.7 Å². The molecule has 20 heavy (non-hydrogen) atoms. The molecule has 114 valence electrons. The third-order valence-electron chi connectivity index (χ3n) is 2.83. The number of carbonyl (C=O) groups is 1. The fourth-order valence-corrected chi connectivity index (χ4v) is 2.17. The molecule has 7 heteroatoms. The zero-order chi connectivity index (χ0) is 14.4. The van der Waals surface area contributed by atoms with Gasteiger partial charge in [-0.3, -0.25) is 4.79 Å². The van der Waals surface area contributed by atoms with Crippen molar-refractivity contribution in [3.63, 3.8) is 0 Å². The molecule has 1 aromatic rings. The third kappa shape index (κ3) is 5.46. The predicted molar refractivity (Wildman–Crippen MR) is 84.7 cm³/mol. The maximum absolute atomic E-state index is 11.8. The molecular weight excluding hydrogens is 323 g/mol. The first-order valence-corrected chi connectivity index (χ1v) is 6.71. The number of nitrogens with two attached hydrogens (primary N) is 1. The molecule has 1 rings (SSSR count). The number of nitrogens with one attached hydrogen (secondary N) is 1. The summed E-state index contributed by atoms with van der Waals surface area (Å²) >= 11 is 12.0. The van der Waals surface area contributed by atoms with Crippen LogP contribution in [-0.2, 0) is 9.53 Å². The van der Waals surface area contributed by atoms with Gasteiger partial charge in [-0.2, -0.15) is 0 Å². The van der Waals surface area contributed by atoms with Gasteiger partial charge < -0.3 is 15.8 Å². The molecule has 0 saturated heterocycles. The molecule has 0 spiro atoms. The number of methoxy groups -OCH3 is 1. The molecule has 0 fully saturated rings. The van der Waals surface area contributed by atoms with Gasteiger partial charge in [0, 0.05) is 13.7 Å². The first kappa shape index (κ1) is 19.5. The van der Waals surface area contributed by atoms with Crippen molar-refractivity contribution in [2.24, 2.45) is 5.73 Å². The number of hydrogen-bond acceptors (Lipinski definition) is 3. The van der Waals surface area contributed by atoms with Crippen molar-refractivity contribution in [1.82, 2.24) is 5.32 Å². The minimum Gasteiger partial charge on any atom is -0.380 e. The molecule has 0 aliphatic heterocycles. The molecule has 2 unspecified atom stereocenters. The van der Waals surface area contributed by atoms with Gasteiger partial charge in [0.15, 0.2) is 0 Å². The molecule has 1 amide bonds. The van der Waals surface area contributed by atoms with Crippen LogP contribution in [0.2, 0.25) is 10.0 Å². The van der Waals surface area contributed by atoms with E-state index in [9.17, 15) is 4.79 Å². The van der Waals surface area contributed by atoms with Crippen LogP contribution in [0.25, 0.3) is 0 Å². The molecule has 0 heterocycles. The lowest BCUT2D eigenvalue weighted by atomic mass is 10.1. The van der Waals surface area contributed by atoms with Gasteiger partial charge in [0.25, 0.3) is 0 Å². The minimum absolute atomic E-state index is 0. The number of rotatable bonds is 6. The van der Waals surface area contributed by atoms with Crippen LogP contribution in [0.4, 0.5) is 0 Å². The van der Waals surface area contributed by atoms with E-state index in [0.717, 1.165) is 5.56 Å². The first-order valence-electron chi connectivity index (χ1n) is 5.95. The maximum Gasteiger partial charge on any atom is 0.223 e. The Hall–Kier alpha value is -0.520. The predicted octanol–water partition coefficient (Wildman–Crippen LogP) is 2.96. The highest BCUT2D eigenvalue weighted by Crippen LogP contribution is 2.29. The van der Waals surface area contributed by atoms with Crippen molar-refractivity contribution in [3.8, 4) is 0 Å². The Morgan fingerprint density at radius 2 is 2.10 bits per heavy atom. The summed E-state index contributed by atoms with van der Waals surface area (Å²) in [5.41, 5.74) is 6.26. The lowest BCUT2D eigenvalue weighted by molar-refractivity contribution is -0.124. The highest BCUT2D eigenvalue weighted by Gasteiger charge is 2.16. The number of ether oxygens (including phenoxy) is 1. The summed E-state index contributed by atoms with van der Waals surface area (Å²) in [6.07, 6.45) is -0.0581. The van der Waals surface area contributed by atoms with Crippen molar-refractivity contribution >= 4 is 41.5 Å². The quantitative estimate of drug-likeness (QED) is 0.836. The van der Waals surface area contributed by atoms with Crippen LogP contribution >= 0.6 is 35.6 Å². The highest BCUT2D eigenvalue weighted by atomic mass is 35.5. The van der Waals surface area contributed by atoms with E-state index in [1.807, 2.05) is 13.0 Å². The van der Waals surface area contributed by atoms with Crippen LogP contribution in [0.1, 0.15) is 24.9 Å². The highest BCUT2D eigenvalue weighted by molar-refractivity contribution is 6.42. The average molecular weight is 342 g/mol. The van der Waals surface area contributed by atoms with E-state index in [1.54, 1.807) is 12.1 Å². The summed E-state index contributed by atoms with van der Waals surface area (Å²) in [5.74, 6) is -0.138. The molecule has 1 aromatic carbocycles. The first-order chi connectivity index (χ1) is 8.99. The Morgan fingerprint density at radius 3 is 2.65 bits per heavy atom. The van der Waals surface area contributed by atoms with E-state index in [-0.39, 0.29) is 36.9 Å². The SMILES string of the molecule is COC(CN)CC(=O)NC(C)c1cccc(Cl)c1Cl.Cl. The van der Waals surface area contributed by atoms with E-state index in [1.165, 1.54) is 7.11 Å². The van der Waals surface area contributed by atoms with E-state index in [0.29, 0.717) is 16.6 Å². The topological polar surface area (TPSA) is 64.3 Å². The lowest BCUT2D eigenvalue weighted by Gasteiger charge is -2.18. The monoisotopic (exact) mass is 340 g/mol. The summed E-state index contributed by atoms with van der Waals surface area (Å²) < 4.78 is 5.07. The number of halogens is 3. The van der Waals surface area contributed by atoms with Crippen molar-refractivity contribution in [2.45, 2.75) is 25.5 Å². The summed E-state index contributed by atoms with van der Waals surface area (Å²) in [7, 11) is 1.53. The largest absolute Gasteiger partial charge is 0.380 e. The van der Waals surface area contributed by atoms with E-state index < -0.39 is 0 Å². The molecule has 0 aromatic heterocycles. The van der Waals surface area contributed by atoms with Crippen molar-refractivity contribution < 1.29 is 9.53 Å². The number of amides is 1. The fourth-order valence-electron chi connectivity index (χ4n) is 1.70. The van der Waals surface area contributed by atoms with Gasteiger partial charge in [0.2, 0.25) is 5.91 Å². The van der Waals surface area contributed by atoms with Crippen LogP contribution in [0.5, 0.6) is 0 Å². The molecule has 0 saturated carbocycles. The van der Waals surface area contributed by atoms with Gasteiger partial charge in [-0.1, -0.05) is 35.3 Å². The van der Waals surface area contributed by atoms with Crippen LogP contribution in [0.15, 0.2) is 18.2 Å². The van der Waals surface area contributed by atoms with Gasteiger partial charge in [0.1, 0.15) is 0 Å². The van der Waals surface area contributed by atoms with Gasteiger partial charge in [-0.25, -0.2) is 0 Å². The zero-order valence-electron chi connectivity index (χ0n) is 11.4. The second-order valence-corrected chi connectivity index (χ2v) is 5.01. The number of hydrogen-bond donors (Lipinski definition) is 2. The van der Waals surface area contributed by atoms with Crippen molar-refractivity contribution in [3.05, 3.63) is 33.8 Å². The second kappa shape index (κ2) is 9.42. The maximum atomic E-state index is 11.8. The van der Waals surface area contributed by atoms with Crippen LogP contribution in [0, 0.1) is 0 Å². The lowest BCUT2D eigenvalue weighted by Crippen LogP contribution is -2.33. The number of benzene rings is 1. The fraction of sp³-hybridized carbons (Fsp3) is 0.462.